The maximum absolute atomic E-state index is 12.2. The molecule has 1 aromatic heterocycles. The third kappa shape index (κ3) is 6.25. The van der Waals surface area contributed by atoms with Crippen LogP contribution in [0.5, 0.6) is 11.5 Å². The molecule has 3 N–H and O–H groups in total. The molecule has 2 atom stereocenters. The molecular weight excluding hydrogens is 393 g/mol. The van der Waals surface area contributed by atoms with Crippen molar-refractivity contribution in [2.24, 2.45) is 0 Å². The molecular formula is C18H23Cl2N3O4. The van der Waals surface area contributed by atoms with Gasteiger partial charge in [-0.15, -0.1) is 24.8 Å². The van der Waals surface area contributed by atoms with Crippen molar-refractivity contribution in [1.82, 2.24) is 10.3 Å². The summed E-state index contributed by atoms with van der Waals surface area (Å²) < 4.78 is 11.1. The Morgan fingerprint density at radius 2 is 2.00 bits per heavy atom. The number of carbonyl (C=O) groups is 1. The predicted octanol–water partition coefficient (Wildman–Crippen LogP) is 2.17. The molecule has 2 aromatic rings. The summed E-state index contributed by atoms with van der Waals surface area (Å²) in [7, 11) is 1.57. The molecule has 1 fully saturated rings. The summed E-state index contributed by atoms with van der Waals surface area (Å²) >= 11 is 0. The molecule has 2 heterocycles. The number of aliphatic hydroxyl groups is 1. The van der Waals surface area contributed by atoms with Gasteiger partial charge in [-0.2, -0.15) is 0 Å². The number of benzene rings is 1. The van der Waals surface area contributed by atoms with E-state index in [-0.39, 0.29) is 30.7 Å². The van der Waals surface area contributed by atoms with Crippen LogP contribution >= 0.6 is 24.8 Å². The quantitative estimate of drug-likeness (QED) is 0.669. The lowest BCUT2D eigenvalue weighted by Gasteiger charge is -2.15. The van der Waals surface area contributed by atoms with Gasteiger partial charge in [-0.05, 0) is 36.2 Å². The number of nitrogens with one attached hydrogen (secondary N) is 2. The molecule has 0 saturated carbocycles. The molecule has 1 aliphatic heterocycles. The molecule has 3 rings (SSSR count). The second-order valence-corrected chi connectivity index (χ2v) is 5.85. The fourth-order valence-corrected chi connectivity index (χ4v) is 2.65. The van der Waals surface area contributed by atoms with Gasteiger partial charge in [0.05, 0.1) is 19.3 Å². The second kappa shape index (κ2) is 10.9. The zero-order valence-corrected chi connectivity index (χ0v) is 16.4. The number of aromatic nitrogens is 1. The smallest absolute Gasteiger partial charge is 0.241 e. The van der Waals surface area contributed by atoms with Crippen LogP contribution in [0, 0.1) is 0 Å². The van der Waals surface area contributed by atoms with Gasteiger partial charge in [-0.1, -0.05) is 0 Å². The summed E-state index contributed by atoms with van der Waals surface area (Å²) in [5, 5.41) is 15.3. The van der Waals surface area contributed by atoms with Crippen LogP contribution in [0.4, 0.5) is 5.69 Å². The first kappa shape index (κ1) is 23.0. The zero-order chi connectivity index (χ0) is 17.6. The molecule has 1 aromatic carbocycles. The Labute approximate surface area is 170 Å². The van der Waals surface area contributed by atoms with Gasteiger partial charge in [0, 0.05) is 30.7 Å². The topological polar surface area (TPSA) is 92.7 Å². The third-order valence-electron chi connectivity index (χ3n) is 4.00. The van der Waals surface area contributed by atoms with E-state index in [0.29, 0.717) is 36.8 Å². The predicted molar refractivity (Wildman–Crippen MR) is 107 cm³/mol. The molecule has 27 heavy (non-hydrogen) atoms. The van der Waals surface area contributed by atoms with Crippen molar-refractivity contribution >= 4 is 36.4 Å². The Morgan fingerprint density at radius 3 is 2.63 bits per heavy atom. The Kier molecular flexibility index (Phi) is 9.31. The number of carbonyl (C=O) groups excluding carboxylic acids is 1. The first-order valence-corrected chi connectivity index (χ1v) is 8.08. The number of β-amino-alcohol motifs (C(OH)–C–C–N with tert-alkyl or cyclic N) is 1. The van der Waals surface area contributed by atoms with Crippen molar-refractivity contribution in [3.05, 3.63) is 48.3 Å². The van der Waals surface area contributed by atoms with Crippen molar-refractivity contribution in [2.75, 3.05) is 19.0 Å². The van der Waals surface area contributed by atoms with Gasteiger partial charge in [-0.3, -0.25) is 9.78 Å². The first-order chi connectivity index (χ1) is 12.2. The van der Waals surface area contributed by atoms with Crippen molar-refractivity contribution in [2.45, 2.75) is 25.2 Å². The molecule has 0 spiro atoms. The Balaban J connectivity index is 0.00000182. The minimum atomic E-state index is -0.481. The average molecular weight is 416 g/mol. The lowest BCUT2D eigenvalue weighted by molar-refractivity contribution is -0.117. The fourth-order valence-electron chi connectivity index (χ4n) is 2.65. The third-order valence-corrected chi connectivity index (χ3v) is 4.00. The standard InChI is InChI=1S/C18H21N3O4.2ClH/c1-24-16-3-2-13(21-18(23)15-9-14(22)10-20-15)8-17(16)25-11-12-4-6-19-7-5-12;;/h2-8,14-15,20,22H,9-11H2,1H3,(H,21,23);2*1H. The number of hydrogen-bond donors (Lipinski definition) is 3. The highest BCUT2D eigenvalue weighted by molar-refractivity contribution is 5.95. The number of amides is 1. The van der Waals surface area contributed by atoms with E-state index < -0.39 is 12.1 Å². The maximum Gasteiger partial charge on any atom is 0.241 e. The van der Waals surface area contributed by atoms with Crippen molar-refractivity contribution in [3.63, 3.8) is 0 Å². The van der Waals surface area contributed by atoms with E-state index in [9.17, 15) is 9.90 Å². The molecule has 7 nitrogen and oxygen atoms in total. The summed E-state index contributed by atoms with van der Waals surface area (Å²) in [6, 6.07) is 8.57. The van der Waals surface area contributed by atoms with E-state index in [1.54, 1.807) is 37.7 Å². The number of methoxy groups -OCH3 is 1. The summed E-state index contributed by atoms with van der Waals surface area (Å²) in [5.41, 5.74) is 1.59. The lowest BCUT2D eigenvalue weighted by atomic mass is 10.2. The number of nitrogens with zero attached hydrogens (tertiary/aromatic N) is 1. The van der Waals surface area contributed by atoms with E-state index in [1.165, 1.54) is 0 Å². The normalized spacial score (nSPS) is 18.0. The number of hydrogen-bond acceptors (Lipinski definition) is 6. The summed E-state index contributed by atoms with van der Waals surface area (Å²) in [5.74, 6) is 0.944. The molecule has 0 bridgehead atoms. The number of rotatable bonds is 6. The number of halogens is 2. The van der Waals surface area contributed by atoms with Gasteiger partial charge in [-0.25, -0.2) is 0 Å². The second-order valence-electron chi connectivity index (χ2n) is 5.85. The molecule has 148 valence electrons. The molecule has 9 heteroatoms. The van der Waals surface area contributed by atoms with Crippen LogP contribution in [0.2, 0.25) is 0 Å². The molecule has 1 saturated heterocycles. The van der Waals surface area contributed by atoms with E-state index >= 15 is 0 Å². The number of pyridine rings is 1. The van der Waals surface area contributed by atoms with E-state index in [4.69, 9.17) is 9.47 Å². The van der Waals surface area contributed by atoms with Gasteiger partial charge in [0.2, 0.25) is 5.91 Å². The number of aliphatic hydroxyl groups excluding tert-OH is 1. The van der Waals surface area contributed by atoms with Crippen LogP contribution in [0.15, 0.2) is 42.7 Å². The maximum atomic E-state index is 12.2. The molecule has 2 unspecified atom stereocenters. The number of anilines is 1. The van der Waals surface area contributed by atoms with E-state index in [2.05, 4.69) is 15.6 Å². The van der Waals surface area contributed by atoms with Crippen LogP contribution in [0.1, 0.15) is 12.0 Å². The lowest BCUT2D eigenvalue weighted by Crippen LogP contribution is -2.35. The van der Waals surface area contributed by atoms with Gasteiger partial charge in [0.15, 0.2) is 11.5 Å². The van der Waals surface area contributed by atoms with E-state index in [0.717, 1.165) is 5.56 Å². The van der Waals surface area contributed by atoms with Gasteiger partial charge < -0.3 is 25.2 Å². The SMILES string of the molecule is COc1ccc(NC(=O)C2CC(O)CN2)cc1OCc1ccncc1.Cl.Cl. The number of ether oxygens (including phenoxy) is 2. The molecule has 0 radical (unpaired) electrons. The van der Waals surface area contributed by atoms with Crippen molar-refractivity contribution < 1.29 is 19.4 Å². The Hall–Kier alpha value is -2.06. The highest BCUT2D eigenvalue weighted by Crippen LogP contribution is 2.31. The van der Waals surface area contributed by atoms with Crippen LogP contribution in [-0.4, -0.2) is 41.8 Å². The summed E-state index contributed by atoms with van der Waals surface area (Å²) in [4.78, 5) is 16.2. The molecule has 1 aliphatic rings. The van der Waals surface area contributed by atoms with E-state index in [1.807, 2.05) is 12.1 Å². The highest BCUT2D eigenvalue weighted by atomic mass is 35.5. The average Bonchev–Trinajstić information content (AvgIpc) is 3.07. The van der Waals surface area contributed by atoms with Crippen LogP contribution in [0.25, 0.3) is 0 Å². The van der Waals surface area contributed by atoms with Crippen LogP contribution in [-0.2, 0) is 11.4 Å². The molecule has 1 amide bonds. The minimum Gasteiger partial charge on any atom is -0.493 e. The minimum absolute atomic E-state index is 0. The monoisotopic (exact) mass is 415 g/mol. The highest BCUT2D eigenvalue weighted by Gasteiger charge is 2.28. The van der Waals surface area contributed by atoms with Gasteiger partial charge in [0.1, 0.15) is 6.61 Å². The van der Waals surface area contributed by atoms with Crippen LogP contribution < -0.4 is 20.1 Å². The Bertz CT molecular complexity index is 734. The van der Waals surface area contributed by atoms with Crippen molar-refractivity contribution in [1.29, 1.82) is 0 Å². The summed E-state index contributed by atoms with van der Waals surface area (Å²) in [6.45, 7) is 0.799. The summed E-state index contributed by atoms with van der Waals surface area (Å²) in [6.07, 6.45) is 3.34. The molecule has 0 aliphatic carbocycles. The zero-order valence-electron chi connectivity index (χ0n) is 14.8. The largest absolute Gasteiger partial charge is 0.493 e. The van der Waals surface area contributed by atoms with Gasteiger partial charge >= 0.3 is 0 Å². The Morgan fingerprint density at radius 1 is 1.26 bits per heavy atom. The van der Waals surface area contributed by atoms with Crippen LogP contribution in [0.3, 0.4) is 0 Å². The fraction of sp³-hybridized carbons (Fsp3) is 0.333. The van der Waals surface area contributed by atoms with Gasteiger partial charge in [0.25, 0.3) is 0 Å². The van der Waals surface area contributed by atoms with Crippen molar-refractivity contribution in [3.8, 4) is 11.5 Å². The first-order valence-electron chi connectivity index (χ1n) is 8.08.